The van der Waals surface area contributed by atoms with Gasteiger partial charge in [0.2, 0.25) is 0 Å². The van der Waals surface area contributed by atoms with E-state index in [2.05, 4.69) is 24.7 Å². The number of benzene rings is 1. The number of aliphatic imine (C=N–C) groups is 1. The van der Waals surface area contributed by atoms with Crippen molar-refractivity contribution in [2.75, 3.05) is 0 Å². The third-order valence-electron chi connectivity index (χ3n) is 4.71. The Morgan fingerprint density at radius 2 is 2.05 bits per heavy atom. The number of rotatable bonds is 4. The first-order valence-electron chi connectivity index (χ1n) is 7.75. The smallest absolute Gasteiger partial charge is 0.123 e. The Labute approximate surface area is 127 Å². The molecular formula is C18H25FN2. The molecule has 1 aromatic rings. The molecule has 2 N–H and O–H groups in total. The summed E-state index contributed by atoms with van der Waals surface area (Å²) in [5, 5.41) is 0. The molecule has 0 heterocycles. The van der Waals surface area contributed by atoms with Gasteiger partial charge in [-0.15, -0.1) is 0 Å². The number of nitrogens with two attached hydrogens (primary N) is 1. The van der Waals surface area contributed by atoms with Crippen LogP contribution < -0.4 is 5.73 Å². The van der Waals surface area contributed by atoms with Crippen molar-refractivity contribution in [3.05, 3.63) is 35.7 Å². The van der Waals surface area contributed by atoms with Crippen LogP contribution in [0.3, 0.4) is 0 Å². The molecule has 0 unspecified atom stereocenters. The van der Waals surface area contributed by atoms with Crippen molar-refractivity contribution in [2.45, 2.75) is 45.6 Å². The highest BCUT2D eigenvalue weighted by atomic mass is 19.1. The van der Waals surface area contributed by atoms with Crippen LogP contribution in [0, 0.1) is 17.7 Å². The molecule has 3 heteroatoms. The molecule has 0 saturated heterocycles. The number of hydrogen-bond donors (Lipinski definition) is 1. The minimum atomic E-state index is -0.221. The molecule has 2 rings (SSSR count). The summed E-state index contributed by atoms with van der Waals surface area (Å²) in [5.41, 5.74) is 8.85. The van der Waals surface area contributed by atoms with Gasteiger partial charge in [0.1, 0.15) is 5.82 Å². The fourth-order valence-electron chi connectivity index (χ4n) is 3.44. The highest BCUT2D eigenvalue weighted by Gasteiger charge is 2.26. The van der Waals surface area contributed by atoms with Crippen LogP contribution in [0.1, 0.15) is 45.1 Å². The van der Waals surface area contributed by atoms with E-state index in [1.165, 1.54) is 11.6 Å². The second-order valence-corrected chi connectivity index (χ2v) is 6.03. The van der Waals surface area contributed by atoms with Gasteiger partial charge in [0.05, 0.1) is 5.69 Å². The van der Waals surface area contributed by atoms with Gasteiger partial charge in [-0.1, -0.05) is 6.08 Å². The van der Waals surface area contributed by atoms with Gasteiger partial charge in [0.25, 0.3) is 0 Å². The summed E-state index contributed by atoms with van der Waals surface area (Å²) in [6.07, 6.45) is 6.61. The second-order valence-electron chi connectivity index (χ2n) is 6.03. The van der Waals surface area contributed by atoms with E-state index in [-0.39, 0.29) is 11.9 Å². The maximum atomic E-state index is 13.6. The molecule has 0 bridgehead atoms. The zero-order valence-corrected chi connectivity index (χ0v) is 13.0. The Balaban J connectivity index is 2.22. The second kappa shape index (κ2) is 6.99. The zero-order valence-electron chi connectivity index (χ0n) is 13.0. The van der Waals surface area contributed by atoms with Crippen LogP contribution >= 0.6 is 0 Å². The molecule has 21 heavy (non-hydrogen) atoms. The third kappa shape index (κ3) is 3.59. The topological polar surface area (TPSA) is 38.4 Å². The van der Waals surface area contributed by atoms with Gasteiger partial charge in [-0.05, 0) is 81.9 Å². The summed E-state index contributed by atoms with van der Waals surface area (Å²) in [6.45, 7) is 7.71. The molecule has 1 aromatic carbocycles. The van der Waals surface area contributed by atoms with Gasteiger partial charge < -0.3 is 5.73 Å². The summed E-state index contributed by atoms with van der Waals surface area (Å²) in [4.78, 5) is 4.04. The SMILES string of the molecule is C=Nc1ccc(F)cc1/C(=C\C)[C@H]1CC[C@@H]([C@@H](C)N)CC1. The molecular weight excluding hydrogens is 263 g/mol. The van der Waals surface area contributed by atoms with Crippen molar-refractivity contribution in [1.29, 1.82) is 0 Å². The van der Waals surface area contributed by atoms with Crippen molar-refractivity contribution < 1.29 is 4.39 Å². The minimum Gasteiger partial charge on any atom is -0.328 e. The molecule has 1 aliphatic carbocycles. The first-order valence-corrected chi connectivity index (χ1v) is 7.75. The normalized spacial score (nSPS) is 24.7. The molecule has 1 fully saturated rings. The molecule has 0 amide bonds. The molecule has 0 aromatic heterocycles. The van der Waals surface area contributed by atoms with Gasteiger partial charge in [0.15, 0.2) is 0 Å². The van der Waals surface area contributed by atoms with Gasteiger partial charge in [-0.2, -0.15) is 0 Å². The lowest BCUT2D eigenvalue weighted by Crippen LogP contribution is -2.30. The molecule has 2 nitrogen and oxygen atoms in total. The molecule has 1 atom stereocenters. The zero-order chi connectivity index (χ0) is 15.4. The fourth-order valence-corrected chi connectivity index (χ4v) is 3.44. The Morgan fingerprint density at radius 1 is 1.38 bits per heavy atom. The van der Waals surface area contributed by atoms with Crippen LogP contribution in [0.4, 0.5) is 10.1 Å². The molecule has 114 valence electrons. The van der Waals surface area contributed by atoms with Crippen LogP contribution in [-0.2, 0) is 0 Å². The van der Waals surface area contributed by atoms with E-state index in [0.717, 1.165) is 36.9 Å². The molecule has 0 aliphatic heterocycles. The standard InChI is InChI=1S/C18H25FN2/c1-4-16(14-7-5-13(6-8-14)12(2)20)17-11-15(19)9-10-18(17)21-3/h4,9-14H,3,5-8,20H2,1-2H3/b16-4-/t12-,13-,14+/m1/s1. The summed E-state index contributed by atoms with van der Waals surface area (Å²) in [6, 6.07) is 4.99. The van der Waals surface area contributed by atoms with E-state index in [1.54, 1.807) is 12.1 Å². The van der Waals surface area contributed by atoms with E-state index < -0.39 is 0 Å². The quantitative estimate of drug-likeness (QED) is 0.800. The predicted molar refractivity (Wildman–Crippen MR) is 88.4 cm³/mol. The van der Waals surface area contributed by atoms with Gasteiger partial charge >= 0.3 is 0 Å². The Morgan fingerprint density at radius 3 is 2.57 bits per heavy atom. The monoisotopic (exact) mass is 288 g/mol. The highest BCUT2D eigenvalue weighted by molar-refractivity contribution is 5.76. The number of halogens is 1. The maximum Gasteiger partial charge on any atom is 0.123 e. The number of allylic oxidation sites excluding steroid dienone is 2. The van der Waals surface area contributed by atoms with Crippen molar-refractivity contribution in [2.24, 2.45) is 22.6 Å². The molecule has 1 saturated carbocycles. The van der Waals surface area contributed by atoms with Crippen molar-refractivity contribution in [3.8, 4) is 0 Å². The number of hydrogen-bond acceptors (Lipinski definition) is 2. The Hall–Kier alpha value is -1.48. The molecule has 0 spiro atoms. The van der Waals surface area contributed by atoms with Crippen LogP contribution in [0.25, 0.3) is 5.57 Å². The van der Waals surface area contributed by atoms with Crippen LogP contribution in [-0.4, -0.2) is 12.8 Å². The van der Waals surface area contributed by atoms with Gasteiger partial charge in [-0.3, -0.25) is 4.99 Å². The van der Waals surface area contributed by atoms with E-state index in [0.29, 0.717) is 11.8 Å². The lowest BCUT2D eigenvalue weighted by Gasteiger charge is -2.32. The van der Waals surface area contributed by atoms with Crippen molar-refractivity contribution >= 4 is 18.0 Å². The minimum absolute atomic E-state index is 0.221. The Bertz CT molecular complexity index is 526. The maximum absolute atomic E-state index is 13.6. The van der Waals surface area contributed by atoms with Crippen LogP contribution in [0.15, 0.2) is 29.3 Å². The average Bonchev–Trinajstić information content (AvgIpc) is 2.49. The van der Waals surface area contributed by atoms with Crippen LogP contribution in [0.2, 0.25) is 0 Å². The summed E-state index contributed by atoms with van der Waals surface area (Å²) < 4.78 is 13.6. The van der Waals surface area contributed by atoms with Gasteiger partial charge in [-0.25, -0.2) is 4.39 Å². The number of nitrogens with zero attached hydrogens (tertiary/aromatic N) is 1. The van der Waals surface area contributed by atoms with E-state index >= 15 is 0 Å². The summed E-state index contributed by atoms with van der Waals surface area (Å²) in [7, 11) is 0. The average molecular weight is 288 g/mol. The van der Waals surface area contributed by atoms with E-state index in [4.69, 9.17) is 5.73 Å². The van der Waals surface area contributed by atoms with Crippen LogP contribution in [0.5, 0.6) is 0 Å². The third-order valence-corrected chi connectivity index (χ3v) is 4.71. The lowest BCUT2D eigenvalue weighted by atomic mass is 9.74. The van der Waals surface area contributed by atoms with Crippen molar-refractivity contribution in [1.82, 2.24) is 0 Å². The summed E-state index contributed by atoms with van der Waals surface area (Å²) in [5.74, 6) is 0.859. The fraction of sp³-hybridized carbons (Fsp3) is 0.500. The predicted octanol–water partition coefficient (Wildman–Crippen LogP) is 4.71. The van der Waals surface area contributed by atoms with Crippen molar-refractivity contribution in [3.63, 3.8) is 0 Å². The summed E-state index contributed by atoms with van der Waals surface area (Å²) >= 11 is 0. The first-order chi connectivity index (χ1) is 10.1. The lowest BCUT2D eigenvalue weighted by molar-refractivity contribution is 0.283. The molecule has 0 radical (unpaired) electrons. The first kappa shape index (κ1) is 15.9. The van der Waals surface area contributed by atoms with Gasteiger partial charge in [0, 0.05) is 11.6 Å². The van der Waals surface area contributed by atoms with E-state index in [9.17, 15) is 4.39 Å². The van der Waals surface area contributed by atoms with E-state index in [1.807, 2.05) is 6.92 Å². The largest absolute Gasteiger partial charge is 0.328 e. The molecule has 1 aliphatic rings. The highest BCUT2D eigenvalue weighted by Crippen LogP contribution is 2.41. The Kier molecular flexibility index (Phi) is 5.29.